The number of aromatic nitrogens is 3. The number of likely N-dealkylation sites (N-methyl/N-ethyl adjacent to an activating group) is 1. The van der Waals surface area contributed by atoms with Crippen molar-refractivity contribution >= 4 is 11.3 Å². The molecule has 0 spiro atoms. The number of halogens is 1. The summed E-state index contributed by atoms with van der Waals surface area (Å²) in [6.07, 6.45) is 1.79. The summed E-state index contributed by atoms with van der Waals surface area (Å²) in [7, 11) is 2.01. The normalized spacial score (nSPS) is 19.9. The first-order chi connectivity index (χ1) is 7.16. The zero-order valence-electron chi connectivity index (χ0n) is 8.61. The first kappa shape index (κ1) is 8.64. The van der Waals surface area contributed by atoms with Crippen molar-refractivity contribution in [1.82, 2.24) is 14.6 Å². The monoisotopic (exact) mass is 206 g/mol. The lowest BCUT2D eigenvalue weighted by Crippen LogP contribution is -2.13. The molecule has 1 aliphatic heterocycles. The molecular weight excluding hydrogens is 195 g/mol. The van der Waals surface area contributed by atoms with Crippen molar-refractivity contribution in [3.8, 4) is 0 Å². The van der Waals surface area contributed by atoms with Gasteiger partial charge in [-0.15, -0.1) is 5.10 Å². The highest BCUT2D eigenvalue weighted by molar-refractivity contribution is 5.59. The van der Waals surface area contributed by atoms with Crippen LogP contribution in [0.15, 0.2) is 12.3 Å². The lowest BCUT2D eigenvalue weighted by molar-refractivity contribution is 0.565. The van der Waals surface area contributed by atoms with Crippen molar-refractivity contribution < 1.29 is 4.39 Å². The first-order valence-corrected chi connectivity index (χ1v) is 4.92. The number of fused-ring (bicyclic) bond motifs is 3. The van der Waals surface area contributed by atoms with Gasteiger partial charge in [0.15, 0.2) is 5.65 Å². The number of hydrogen-bond acceptors (Lipinski definition) is 3. The van der Waals surface area contributed by atoms with E-state index >= 15 is 0 Å². The van der Waals surface area contributed by atoms with Gasteiger partial charge >= 0.3 is 0 Å². The molecule has 0 saturated carbocycles. The Balaban J connectivity index is 2.38. The molecule has 0 fully saturated rings. The van der Waals surface area contributed by atoms with E-state index in [2.05, 4.69) is 21.9 Å². The molecule has 1 atom stereocenters. The molecule has 4 nitrogen and oxygen atoms in total. The fourth-order valence-electron chi connectivity index (χ4n) is 2.27. The quantitative estimate of drug-likeness (QED) is 0.653. The van der Waals surface area contributed by atoms with Crippen LogP contribution in [0.25, 0.3) is 5.65 Å². The van der Waals surface area contributed by atoms with E-state index in [0.717, 1.165) is 17.9 Å². The van der Waals surface area contributed by atoms with Gasteiger partial charge in [-0.2, -0.15) is 4.39 Å². The summed E-state index contributed by atoms with van der Waals surface area (Å²) in [5.74, 6) is -0.118. The molecule has 2 aromatic heterocycles. The van der Waals surface area contributed by atoms with Crippen molar-refractivity contribution in [3.05, 3.63) is 23.9 Å². The molecule has 0 bridgehead atoms. The van der Waals surface area contributed by atoms with Gasteiger partial charge in [-0.25, -0.2) is 9.50 Å². The summed E-state index contributed by atoms with van der Waals surface area (Å²) in [5, 5.41) is 3.83. The van der Waals surface area contributed by atoms with Crippen LogP contribution in [0.5, 0.6) is 0 Å². The molecule has 2 aromatic rings. The van der Waals surface area contributed by atoms with Gasteiger partial charge in [0.2, 0.25) is 5.95 Å². The van der Waals surface area contributed by atoms with E-state index in [9.17, 15) is 4.39 Å². The van der Waals surface area contributed by atoms with Crippen molar-refractivity contribution in [3.63, 3.8) is 0 Å². The first-order valence-electron chi connectivity index (χ1n) is 4.92. The zero-order chi connectivity index (χ0) is 10.6. The maximum atomic E-state index is 13.0. The highest BCUT2D eigenvalue weighted by Crippen LogP contribution is 2.34. The van der Waals surface area contributed by atoms with Gasteiger partial charge in [0.25, 0.3) is 0 Å². The van der Waals surface area contributed by atoms with Crippen LogP contribution >= 0.6 is 0 Å². The van der Waals surface area contributed by atoms with E-state index < -0.39 is 5.95 Å². The Hall–Kier alpha value is -1.65. The molecule has 1 aliphatic rings. The van der Waals surface area contributed by atoms with Gasteiger partial charge in [0.05, 0.1) is 17.6 Å². The molecule has 78 valence electrons. The third kappa shape index (κ3) is 1.06. The zero-order valence-corrected chi connectivity index (χ0v) is 8.61. The number of nitrogens with zero attached hydrogens (tertiary/aromatic N) is 4. The molecule has 1 unspecified atom stereocenters. The number of anilines is 1. The van der Waals surface area contributed by atoms with Crippen molar-refractivity contribution in [2.75, 3.05) is 18.5 Å². The largest absolute Gasteiger partial charge is 0.371 e. The molecule has 15 heavy (non-hydrogen) atoms. The lowest BCUT2D eigenvalue weighted by Gasteiger charge is -2.10. The second-order valence-corrected chi connectivity index (χ2v) is 4.05. The minimum absolute atomic E-state index is 0.356. The Labute approximate surface area is 86.3 Å². The van der Waals surface area contributed by atoms with Crippen LogP contribution in [-0.4, -0.2) is 28.2 Å². The van der Waals surface area contributed by atoms with Gasteiger partial charge in [-0.1, -0.05) is 6.92 Å². The average Bonchev–Trinajstić information content (AvgIpc) is 2.66. The van der Waals surface area contributed by atoms with E-state index in [4.69, 9.17) is 0 Å². The van der Waals surface area contributed by atoms with E-state index in [0.29, 0.717) is 11.6 Å². The molecule has 3 rings (SSSR count). The molecule has 0 amide bonds. The smallest absolute Gasteiger partial charge is 0.235 e. The van der Waals surface area contributed by atoms with E-state index in [1.54, 1.807) is 10.7 Å². The lowest BCUT2D eigenvalue weighted by atomic mass is 10.1. The minimum Gasteiger partial charge on any atom is -0.371 e. The third-order valence-corrected chi connectivity index (χ3v) is 2.90. The van der Waals surface area contributed by atoms with Crippen LogP contribution in [-0.2, 0) is 0 Å². The van der Waals surface area contributed by atoms with E-state index in [1.165, 1.54) is 6.07 Å². The number of hydrogen-bond donors (Lipinski definition) is 0. The Morgan fingerprint density at radius 2 is 2.33 bits per heavy atom. The summed E-state index contributed by atoms with van der Waals surface area (Å²) in [6.45, 7) is 3.04. The highest BCUT2D eigenvalue weighted by Gasteiger charge is 2.27. The van der Waals surface area contributed by atoms with Crippen LogP contribution < -0.4 is 4.90 Å². The standard InChI is InChI=1S/C10H11FN4/c1-6-5-14(2)7-4-12-9-3-8(11)13-15(9)10(6)7/h3-4,6H,5H2,1-2H3. The third-order valence-electron chi connectivity index (χ3n) is 2.90. The maximum absolute atomic E-state index is 13.0. The van der Waals surface area contributed by atoms with Crippen molar-refractivity contribution in [2.45, 2.75) is 12.8 Å². The summed E-state index contributed by atoms with van der Waals surface area (Å²) >= 11 is 0. The Kier molecular flexibility index (Phi) is 1.55. The SMILES string of the molecule is CC1CN(C)c2cnc3cc(F)nn3c21. The van der Waals surface area contributed by atoms with Crippen molar-refractivity contribution in [2.24, 2.45) is 0 Å². The fraction of sp³-hybridized carbons (Fsp3) is 0.400. The summed E-state index contributed by atoms with van der Waals surface area (Å²) in [4.78, 5) is 6.29. The minimum atomic E-state index is -0.474. The van der Waals surface area contributed by atoms with Crippen LogP contribution in [0.2, 0.25) is 0 Å². The molecule has 3 heterocycles. The second-order valence-electron chi connectivity index (χ2n) is 4.05. The number of rotatable bonds is 0. The molecule has 0 N–H and O–H groups in total. The predicted molar refractivity (Wildman–Crippen MR) is 54.6 cm³/mol. The van der Waals surface area contributed by atoms with E-state index in [-0.39, 0.29) is 0 Å². The fourth-order valence-corrected chi connectivity index (χ4v) is 2.27. The molecule has 0 aromatic carbocycles. The highest BCUT2D eigenvalue weighted by atomic mass is 19.1. The van der Waals surface area contributed by atoms with Crippen LogP contribution in [0.3, 0.4) is 0 Å². The predicted octanol–water partition coefficient (Wildman–Crippen LogP) is 1.42. The maximum Gasteiger partial charge on any atom is 0.235 e. The molecular formula is C10H11FN4. The molecule has 5 heteroatoms. The summed E-state index contributed by atoms with van der Waals surface area (Å²) < 4.78 is 14.6. The van der Waals surface area contributed by atoms with Crippen LogP contribution in [0, 0.1) is 5.95 Å². The second kappa shape index (κ2) is 2.68. The van der Waals surface area contributed by atoms with Gasteiger partial charge in [-0.3, -0.25) is 0 Å². The van der Waals surface area contributed by atoms with Crippen LogP contribution in [0.4, 0.5) is 10.1 Å². The van der Waals surface area contributed by atoms with Crippen LogP contribution in [0.1, 0.15) is 18.5 Å². The average molecular weight is 206 g/mol. The van der Waals surface area contributed by atoms with E-state index in [1.807, 2.05) is 7.05 Å². The summed E-state index contributed by atoms with van der Waals surface area (Å²) in [6, 6.07) is 1.35. The van der Waals surface area contributed by atoms with Gasteiger partial charge < -0.3 is 4.90 Å². The summed E-state index contributed by atoms with van der Waals surface area (Å²) in [5.41, 5.74) is 2.66. The Bertz CT molecular complexity index is 533. The molecule has 0 radical (unpaired) electrons. The van der Waals surface area contributed by atoms with Crippen molar-refractivity contribution in [1.29, 1.82) is 0 Å². The Morgan fingerprint density at radius 3 is 3.13 bits per heavy atom. The van der Waals surface area contributed by atoms with Gasteiger partial charge in [-0.05, 0) is 0 Å². The molecule has 0 aliphatic carbocycles. The molecule has 0 saturated heterocycles. The van der Waals surface area contributed by atoms with Gasteiger partial charge in [0, 0.05) is 25.6 Å². The topological polar surface area (TPSA) is 33.4 Å². The Morgan fingerprint density at radius 1 is 1.53 bits per heavy atom. The van der Waals surface area contributed by atoms with Gasteiger partial charge in [0.1, 0.15) is 0 Å².